The maximum Gasteiger partial charge on any atom is 0.271 e. The highest BCUT2D eigenvalue weighted by molar-refractivity contribution is 5.92. The number of anilines is 1. The van der Waals surface area contributed by atoms with Crippen molar-refractivity contribution in [3.8, 4) is 5.82 Å². The molecule has 7 nitrogen and oxygen atoms in total. The van der Waals surface area contributed by atoms with E-state index in [0.29, 0.717) is 23.6 Å². The Kier molecular flexibility index (Phi) is 5.42. The average molecular weight is 341 g/mol. The molecule has 2 amide bonds. The van der Waals surface area contributed by atoms with Gasteiger partial charge >= 0.3 is 0 Å². The number of imidazole rings is 1. The predicted molar refractivity (Wildman–Crippen MR) is 94.6 cm³/mol. The first kappa shape index (κ1) is 17.1. The first-order valence-corrected chi connectivity index (χ1v) is 8.77. The van der Waals surface area contributed by atoms with Gasteiger partial charge in [-0.25, -0.2) is 9.97 Å². The highest BCUT2D eigenvalue weighted by atomic mass is 16.2. The largest absolute Gasteiger partial charge is 0.348 e. The van der Waals surface area contributed by atoms with Crippen LogP contribution < -0.4 is 10.6 Å². The molecule has 0 radical (unpaired) electrons. The fourth-order valence-electron chi connectivity index (χ4n) is 2.96. The Balaban J connectivity index is 1.63. The summed E-state index contributed by atoms with van der Waals surface area (Å²) in [5.74, 6) is 0.473. The van der Waals surface area contributed by atoms with Gasteiger partial charge in [0, 0.05) is 18.7 Å². The maximum atomic E-state index is 12.2. The quantitative estimate of drug-likeness (QED) is 0.845. The van der Waals surface area contributed by atoms with E-state index in [-0.39, 0.29) is 17.9 Å². The maximum absolute atomic E-state index is 12.2. The minimum atomic E-state index is -0.144. The zero-order valence-electron chi connectivity index (χ0n) is 14.4. The number of amides is 2. The lowest BCUT2D eigenvalue weighted by Gasteiger charge is -2.09. The summed E-state index contributed by atoms with van der Waals surface area (Å²) in [6.45, 7) is 1.96. The van der Waals surface area contributed by atoms with Crippen molar-refractivity contribution in [2.24, 2.45) is 0 Å². The van der Waals surface area contributed by atoms with Gasteiger partial charge in [-0.3, -0.25) is 14.2 Å². The van der Waals surface area contributed by atoms with E-state index in [9.17, 15) is 9.59 Å². The molecule has 1 aliphatic carbocycles. The molecule has 0 spiro atoms. The molecule has 132 valence electrons. The predicted octanol–water partition coefficient (Wildman–Crippen LogP) is 2.68. The van der Waals surface area contributed by atoms with E-state index in [0.717, 1.165) is 19.3 Å². The molecule has 0 bridgehead atoms. The number of pyridine rings is 1. The lowest BCUT2D eigenvalue weighted by Crippen LogP contribution is -2.32. The summed E-state index contributed by atoms with van der Waals surface area (Å²) < 4.78 is 1.70. The van der Waals surface area contributed by atoms with Crippen LogP contribution in [0.4, 0.5) is 5.69 Å². The van der Waals surface area contributed by atoms with E-state index >= 15 is 0 Å². The summed E-state index contributed by atoms with van der Waals surface area (Å²) in [4.78, 5) is 32.3. The lowest BCUT2D eigenvalue weighted by molar-refractivity contribution is -0.116. The topological polar surface area (TPSA) is 88.9 Å². The van der Waals surface area contributed by atoms with E-state index < -0.39 is 0 Å². The summed E-state index contributed by atoms with van der Waals surface area (Å²) in [6.07, 6.45) is 10.6. The standard InChI is InChI=1S/C18H23N5O2/c1-2-5-17(24)21-14-8-9-16(19-10-14)23-11-15(20-12-23)18(25)22-13-6-3-4-7-13/h8-13H,2-7H2,1H3,(H,21,24)(H,22,25). The van der Waals surface area contributed by atoms with Crippen molar-refractivity contribution in [2.75, 3.05) is 5.32 Å². The van der Waals surface area contributed by atoms with Gasteiger partial charge < -0.3 is 10.6 Å². The Hall–Kier alpha value is -2.70. The molecule has 1 aliphatic rings. The highest BCUT2D eigenvalue weighted by Crippen LogP contribution is 2.18. The monoisotopic (exact) mass is 341 g/mol. The number of hydrogen-bond acceptors (Lipinski definition) is 4. The van der Waals surface area contributed by atoms with Crippen LogP contribution >= 0.6 is 0 Å². The van der Waals surface area contributed by atoms with Crippen molar-refractivity contribution < 1.29 is 9.59 Å². The fraction of sp³-hybridized carbons (Fsp3) is 0.444. The van der Waals surface area contributed by atoms with Crippen LogP contribution in [0.5, 0.6) is 0 Å². The normalized spacial score (nSPS) is 14.4. The van der Waals surface area contributed by atoms with Crippen LogP contribution in [0.1, 0.15) is 55.9 Å². The summed E-state index contributed by atoms with van der Waals surface area (Å²) in [6, 6.07) is 3.83. The Morgan fingerprint density at radius 1 is 1.24 bits per heavy atom. The number of carbonyl (C=O) groups is 2. The zero-order valence-corrected chi connectivity index (χ0v) is 14.4. The van der Waals surface area contributed by atoms with E-state index in [4.69, 9.17) is 0 Å². The van der Waals surface area contributed by atoms with Gasteiger partial charge in [0.2, 0.25) is 5.91 Å². The molecule has 0 saturated heterocycles. The summed E-state index contributed by atoms with van der Waals surface area (Å²) in [5, 5.41) is 5.81. The van der Waals surface area contributed by atoms with Gasteiger partial charge in [-0.15, -0.1) is 0 Å². The Labute approximate surface area is 146 Å². The highest BCUT2D eigenvalue weighted by Gasteiger charge is 2.19. The smallest absolute Gasteiger partial charge is 0.271 e. The molecule has 2 aromatic rings. The molecule has 0 unspecified atom stereocenters. The van der Waals surface area contributed by atoms with Gasteiger partial charge in [0.25, 0.3) is 5.91 Å². The number of nitrogens with one attached hydrogen (secondary N) is 2. The van der Waals surface area contributed by atoms with Crippen LogP contribution in [0.3, 0.4) is 0 Å². The van der Waals surface area contributed by atoms with Crippen molar-refractivity contribution in [2.45, 2.75) is 51.5 Å². The van der Waals surface area contributed by atoms with Gasteiger partial charge in [-0.2, -0.15) is 0 Å². The second-order valence-corrected chi connectivity index (χ2v) is 6.32. The second-order valence-electron chi connectivity index (χ2n) is 6.32. The van der Waals surface area contributed by atoms with E-state index in [1.165, 1.54) is 12.8 Å². The molecule has 0 aliphatic heterocycles. The SMILES string of the molecule is CCCC(=O)Nc1ccc(-n2cnc(C(=O)NC3CCCC3)c2)nc1. The molecule has 2 N–H and O–H groups in total. The van der Waals surface area contributed by atoms with Gasteiger partial charge in [0.15, 0.2) is 0 Å². The molecular weight excluding hydrogens is 318 g/mol. The van der Waals surface area contributed by atoms with Crippen LogP contribution in [-0.2, 0) is 4.79 Å². The molecular formula is C18H23N5O2. The van der Waals surface area contributed by atoms with E-state index in [2.05, 4.69) is 20.6 Å². The first-order chi connectivity index (χ1) is 12.2. The molecule has 3 rings (SSSR count). The molecule has 0 atom stereocenters. The van der Waals surface area contributed by atoms with Crippen LogP contribution in [0.25, 0.3) is 5.82 Å². The van der Waals surface area contributed by atoms with Gasteiger partial charge in [-0.05, 0) is 31.4 Å². The number of rotatable bonds is 6. The molecule has 0 aromatic carbocycles. The lowest BCUT2D eigenvalue weighted by atomic mass is 10.2. The third kappa shape index (κ3) is 4.43. The second kappa shape index (κ2) is 7.92. The van der Waals surface area contributed by atoms with Crippen LogP contribution in [0, 0.1) is 0 Å². The van der Waals surface area contributed by atoms with Gasteiger partial charge in [0.05, 0.1) is 11.9 Å². The number of nitrogens with zero attached hydrogens (tertiary/aromatic N) is 3. The minimum absolute atomic E-state index is 0.0226. The van der Waals surface area contributed by atoms with Gasteiger partial charge in [-0.1, -0.05) is 19.8 Å². The minimum Gasteiger partial charge on any atom is -0.348 e. The molecule has 2 heterocycles. The summed E-state index contributed by atoms with van der Waals surface area (Å²) in [5.41, 5.74) is 1.04. The van der Waals surface area contributed by atoms with Crippen LogP contribution in [0.2, 0.25) is 0 Å². The van der Waals surface area contributed by atoms with E-state index in [1.807, 2.05) is 6.92 Å². The zero-order chi connectivity index (χ0) is 17.6. The molecule has 2 aromatic heterocycles. The Morgan fingerprint density at radius 3 is 2.72 bits per heavy atom. The molecule has 25 heavy (non-hydrogen) atoms. The van der Waals surface area contributed by atoms with Crippen molar-refractivity contribution >= 4 is 17.5 Å². The average Bonchev–Trinajstić information content (AvgIpc) is 3.27. The first-order valence-electron chi connectivity index (χ1n) is 8.77. The Morgan fingerprint density at radius 2 is 2.04 bits per heavy atom. The number of carbonyl (C=O) groups excluding carboxylic acids is 2. The van der Waals surface area contributed by atoms with Crippen molar-refractivity contribution in [3.63, 3.8) is 0 Å². The van der Waals surface area contributed by atoms with Crippen LogP contribution in [-0.4, -0.2) is 32.4 Å². The summed E-state index contributed by atoms with van der Waals surface area (Å²) in [7, 11) is 0. The van der Waals surface area contributed by atoms with Crippen molar-refractivity contribution in [1.29, 1.82) is 0 Å². The molecule has 1 fully saturated rings. The van der Waals surface area contributed by atoms with Crippen LogP contribution in [0.15, 0.2) is 30.9 Å². The third-order valence-electron chi connectivity index (χ3n) is 4.28. The number of aromatic nitrogens is 3. The van der Waals surface area contributed by atoms with Crippen molar-refractivity contribution in [1.82, 2.24) is 19.9 Å². The Bertz CT molecular complexity index is 732. The van der Waals surface area contributed by atoms with Crippen molar-refractivity contribution in [3.05, 3.63) is 36.5 Å². The summed E-state index contributed by atoms with van der Waals surface area (Å²) >= 11 is 0. The fourth-order valence-corrected chi connectivity index (χ4v) is 2.96. The van der Waals surface area contributed by atoms with E-state index in [1.54, 1.807) is 35.4 Å². The molecule has 7 heteroatoms. The van der Waals surface area contributed by atoms with Gasteiger partial charge in [0.1, 0.15) is 17.8 Å². The molecule has 1 saturated carbocycles. The number of hydrogen-bond donors (Lipinski definition) is 2. The third-order valence-corrected chi connectivity index (χ3v) is 4.28.